The number of ether oxygens (including phenoxy) is 1. The van der Waals surface area contributed by atoms with Gasteiger partial charge in [-0.25, -0.2) is 9.48 Å². The van der Waals surface area contributed by atoms with Crippen molar-refractivity contribution in [1.82, 2.24) is 19.9 Å². The Morgan fingerprint density at radius 2 is 1.78 bits per heavy atom. The lowest BCUT2D eigenvalue weighted by atomic mass is 10.1. The molecule has 0 spiro atoms. The number of nitrogens with one attached hydrogen (secondary N) is 1. The van der Waals surface area contributed by atoms with Crippen molar-refractivity contribution in [3.63, 3.8) is 0 Å². The summed E-state index contributed by atoms with van der Waals surface area (Å²) in [6.07, 6.45) is 5.20. The van der Waals surface area contributed by atoms with Crippen LogP contribution in [0.1, 0.15) is 12.8 Å². The summed E-state index contributed by atoms with van der Waals surface area (Å²) in [5.74, 6) is 0.882. The van der Waals surface area contributed by atoms with Gasteiger partial charge in [-0.1, -0.05) is 23.4 Å². The van der Waals surface area contributed by atoms with Crippen molar-refractivity contribution < 1.29 is 9.53 Å². The third-order valence-corrected chi connectivity index (χ3v) is 4.58. The Bertz CT molecular complexity index is 857. The van der Waals surface area contributed by atoms with Gasteiger partial charge in [0.1, 0.15) is 11.9 Å². The molecule has 7 heteroatoms. The lowest BCUT2D eigenvalue weighted by Crippen LogP contribution is -2.43. The number of nitrogens with zero attached hydrogens (tertiary/aromatic N) is 4. The first-order valence-electron chi connectivity index (χ1n) is 9.02. The van der Waals surface area contributed by atoms with Crippen molar-refractivity contribution in [1.29, 1.82) is 0 Å². The summed E-state index contributed by atoms with van der Waals surface area (Å²) in [6, 6.07) is 17.2. The van der Waals surface area contributed by atoms with E-state index in [-0.39, 0.29) is 12.1 Å². The van der Waals surface area contributed by atoms with Gasteiger partial charge in [0.2, 0.25) is 0 Å². The van der Waals surface area contributed by atoms with Crippen LogP contribution in [-0.2, 0) is 0 Å². The highest BCUT2D eigenvalue weighted by atomic mass is 16.5. The molecular weight excluding hydrogens is 342 g/mol. The minimum atomic E-state index is -0.0818. The van der Waals surface area contributed by atoms with Gasteiger partial charge in [-0.3, -0.25) is 0 Å². The van der Waals surface area contributed by atoms with Gasteiger partial charge < -0.3 is 15.0 Å². The van der Waals surface area contributed by atoms with E-state index in [1.54, 1.807) is 17.1 Å². The summed E-state index contributed by atoms with van der Waals surface area (Å²) < 4.78 is 7.65. The summed E-state index contributed by atoms with van der Waals surface area (Å²) in [7, 11) is 0. The third-order valence-electron chi connectivity index (χ3n) is 4.58. The van der Waals surface area contributed by atoms with Crippen LogP contribution >= 0.6 is 0 Å². The van der Waals surface area contributed by atoms with E-state index in [9.17, 15) is 4.79 Å². The summed E-state index contributed by atoms with van der Waals surface area (Å²) in [5, 5.41) is 10.7. The fourth-order valence-electron chi connectivity index (χ4n) is 3.11. The summed E-state index contributed by atoms with van der Waals surface area (Å²) in [4.78, 5) is 14.3. The van der Waals surface area contributed by atoms with Crippen LogP contribution in [-0.4, -0.2) is 45.1 Å². The molecule has 0 atom stereocenters. The van der Waals surface area contributed by atoms with Crippen LogP contribution in [0.15, 0.2) is 67.0 Å². The first kappa shape index (κ1) is 17.1. The first-order chi connectivity index (χ1) is 13.3. The number of aromatic nitrogens is 3. The molecule has 138 valence electrons. The van der Waals surface area contributed by atoms with Gasteiger partial charge in [0, 0.05) is 31.6 Å². The molecule has 4 rings (SSSR count). The highest BCUT2D eigenvalue weighted by Crippen LogP contribution is 2.20. The van der Waals surface area contributed by atoms with E-state index in [2.05, 4.69) is 15.6 Å². The fraction of sp³-hybridized carbons (Fsp3) is 0.250. The van der Waals surface area contributed by atoms with Crippen LogP contribution < -0.4 is 10.1 Å². The Balaban J connectivity index is 1.28. The van der Waals surface area contributed by atoms with Gasteiger partial charge in [-0.05, 0) is 36.4 Å². The molecule has 7 nitrogen and oxygen atoms in total. The van der Waals surface area contributed by atoms with Crippen LogP contribution in [0.25, 0.3) is 5.69 Å². The number of hydrogen-bond acceptors (Lipinski definition) is 4. The molecule has 1 fully saturated rings. The predicted molar refractivity (Wildman–Crippen MR) is 102 cm³/mol. The second-order valence-electron chi connectivity index (χ2n) is 6.44. The number of likely N-dealkylation sites (tertiary alicyclic amines) is 1. The smallest absolute Gasteiger partial charge is 0.321 e. The Labute approximate surface area is 157 Å². The number of para-hydroxylation sites is 1. The highest BCUT2D eigenvalue weighted by molar-refractivity contribution is 5.89. The molecule has 1 N–H and O–H groups in total. The fourth-order valence-corrected chi connectivity index (χ4v) is 3.11. The second-order valence-corrected chi connectivity index (χ2v) is 6.44. The van der Waals surface area contributed by atoms with E-state index in [0.29, 0.717) is 13.1 Å². The van der Waals surface area contributed by atoms with E-state index < -0.39 is 0 Å². The van der Waals surface area contributed by atoms with Crippen molar-refractivity contribution in [2.45, 2.75) is 18.9 Å². The lowest BCUT2D eigenvalue weighted by molar-refractivity contribution is 0.115. The Morgan fingerprint density at radius 3 is 2.44 bits per heavy atom. The average Bonchev–Trinajstić information content (AvgIpc) is 3.25. The third kappa shape index (κ3) is 4.25. The predicted octanol–water partition coefficient (Wildman–Crippen LogP) is 3.34. The maximum absolute atomic E-state index is 12.5. The zero-order chi connectivity index (χ0) is 18.5. The number of carbonyl (C=O) groups excluding carboxylic acids is 1. The monoisotopic (exact) mass is 363 g/mol. The molecule has 0 saturated carbocycles. The molecule has 2 aromatic carbocycles. The van der Waals surface area contributed by atoms with Gasteiger partial charge in [0.25, 0.3) is 0 Å². The molecular formula is C20H21N5O2. The molecule has 2 amide bonds. The number of urea groups is 1. The number of amides is 2. The molecule has 1 aromatic heterocycles. The largest absolute Gasteiger partial charge is 0.490 e. The van der Waals surface area contributed by atoms with Crippen LogP contribution in [0.2, 0.25) is 0 Å². The Morgan fingerprint density at radius 1 is 1.04 bits per heavy atom. The minimum absolute atomic E-state index is 0.0818. The summed E-state index contributed by atoms with van der Waals surface area (Å²) >= 11 is 0. The van der Waals surface area contributed by atoms with E-state index in [0.717, 1.165) is 30.0 Å². The number of hydrogen-bond donors (Lipinski definition) is 1. The van der Waals surface area contributed by atoms with Crippen molar-refractivity contribution in [3.05, 3.63) is 67.0 Å². The maximum atomic E-state index is 12.5. The molecule has 2 heterocycles. The molecule has 0 unspecified atom stereocenters. The number of rotatable bonds is 4. The standard InChI is InChI=1S/C20H21N5O2/c26-20(22-16-6-8-17(9-7-16)25-15-12-21-23-25)24-13-10-19(11-14-24)27-18-4-2-1-3-5-18/h1-9,12,15,19H,10-11,13-14H2,(H,22,26). The second kappa shape index (κ2) is 7.90. The number of piperidine rings is 1. The first-order valence-corrected chi connectivity index (χ1v) is 9.02. The van der Waals surface area contributed by atoms with Crippen molar-refractivity contribution in [2.75, 3.05) is 18.4 Å². The van der Waals surface area contributed by atoms with E-state index >= 15 is 0 Å². The Kier molecular flexibility index (Phi) is 5.00. The normalized spacial score (nSPS) is 14.7. The van der Waals surface area contributed by atoms with Crippen LogP contribution in [0, 0.1) is 0 Å². The van der Waals surface area contributed by atoms with Gasteiger partial charge in [-0.2, -0.15) is 0 Å². The summed E-state index contributed by atoms with van der Waals surface area (Å²) in [6.45, 7) is 1.36. The van der Waals surface area contributed by atoms with Crippen LogP contribution in [0.5, 0.6) is 5.75 Å². The van der Waals surface area contributed by atoms with Gasteiger partial charge in [-0.15, -0.1) is 5.10 Å². The quantitative estimate of drug-likeness (QED) is 0.772. The lowest BCUT2D eigenvalue weighted by Gasteiger charge is -2.32. The molecule has 1 aliphatic rings. The SMILES string of the molecule is O=C(Nc1ccc(-n2ccnn2)cc1)N1CCC(Oc2ccccc2)CC1. The number of carbonyl (C=O) groups is 1. The minimum Gasteiger partial charge on any atom is -0.490 e. The topological polar surface area (TPSA) is 72.3 Å². The van der Waals surface area contributed by atoms with Gasteiger partial charge >= 0.3 is 6.03 Å². The van der Waals surface area contributed by atoms with E-state index in [1.165, 1.54) is 0 Å². The van der Waals surface area contributed by atoms with Gasteiger partial charge in [0.05, 0.1) is 18.1 Å². The van der Waals surface area contributed by atoms with Crippen molar-refractivity contribution in [2.24, 2.45) is 0 Å². The highest BCUT2D eigenvalue weighted by Gasteiger charge is 2.24. The molecule has 3 aromatic rings. The van der Waals surface area contributed by atoms with Crippen LogP contribution in [0.4, 0.5) is 10.5 Å². The van der Waals surface area contributed by atoms with E-state index in [4.69, 9.17) is 4.74 Å². The van der Waals surface area contributed by atoms with Crippen molar-refractivity contribution >= 4 is 11.7 Å². The zero-order valence-corrected chi connectivity index (χ0v) is 14.9. The zero-order valence-electron chi connectivity index (χ0n) is 14.9. The molecule has 0 bridgehead atoms. The molecule has 1 aliphatic heterocycles. The molecule has 0 radical (unpaired) electrons. The van der Waals surface area contributed by atoms with E-state index in [1.807, 2.05) is 59.5 Å². The molecule has 0 aliphatic carbocycles. The number of anilines is 1. The van der Waals surface area contributed by atoms with Crippen LogP contribution in [0.3, 0.4) is 0 Å². The van der Waals surface area contributed by atoms with Gasteiger partial charge in [0.15, 0.2) is 0 Å². The van der Waals surface area contributed by atoms with Crippen molar-refractivity contribution in [3.8, 4) is 11.4 Å². The summed E-state index contributed by atoms with van der Waals surface area (Å²) in [5.41, 5.74) is 1.65. The average molecular weight is 363 g/mol. The number of benzene rings is 2. The molecule has 27 heavy (non-hydrogen) atoms. The Hall–Kier alpha value is -3.35. The maximum Gasteiger partial charge on any atom is 0.321 e. The molecule has 1 saturated heterocycles.